The third-order valence-corrected chi connectivity index (χ3v) is 12.5. The van der Waals surface area contributed by atoms with Gasteiger partial charge in [-0.3, -0.25) is 6.08 Å². The molecule has 3 aliphatic carbocycles. The SMILES string of the molecule is CC(C)(C)C1=CC(C)(C)c2cc3[cH-]c4cc5c(cc4c3cc21)C(C(C)(C)C)=CC5(C)C.FC(F)(F)c1cccc([C](=[Zr+2])c2cccc(C(F)(F)F)c2)c1.[C-]1=CC=CC1.[Cl-].[Cl-]. The van der Waals surface area contributed by atoms with Gasteiger partial charge in [-0.05, 0) is 33.1 Å². The van der Waals surface area contributed by atoms with Crippen LogP contribution in [0.3, 0.4) is 0 Å². The summed E-state index contributed by atoms with van der Waals surface area (Å²) < 4.78 is 76.7. The van der Waals surface area contributed by atoms with Crippen molar-refractivity contribution in [3.05, 3.63) is 160 Å². The molecule has 0 aromatic heterocycles. The molecular weight excluding hydrogens is 889 g/mol. The Balaban J connectivity index is 0.000000240. The number of hydrogen-bond donors (Lipinski definition) is 0. The molecule has 9 heteroatoms. The van der Waals surface area contributed by atoms with Gasteiger partial charge in [0, 0.05) is 10.8 Å². The Morgan fingerprint density at radius 3 is 1.32 bits per heavy atom. The molecule has 0 fully saturated rings. The van der Waals surface area contributed by atoms with Gasteiger partial charge in [-0.15, -0.1) is 46.2 Å². The van der Waals surface area contributed by atoms with Gasteiger partial charge in [0.2, 0.25) is 0 Å². The molecule has 0 saturated heterocycles. The van der Waals surface area contributed by atoms with Crippen LogP contribution in [0.4, 0.5) is 26.3 Å². The summed E-state index contributed by atoms with van der Waals surface area (Å²) in [6, 6.07) is 21.5. The summed E-state index contributed by atoms with van der Waals surface area (Å²) in [5.74, 6) is 0. The van der Waals surface area contributed by atoms with E-state index in [-0.39, 0.29) is 57.6 Å². The smallest absolute Gasteiger partial charge is 0.109 e. The largest absolute Gasteiger partial charge is 1.00 e. The molecule has 0 nitrogen and oxygen atoms in total. The van der Waals surface area contributed by atoms with Crippen LogP contribution >= 0.6 is 0 Å². The van der Waals surface area contributed by atoms with Gasteiger partial charge in [0.1, 0.15) is 0 Å². The van der Waals surface area contributed by atoms with E-state index in [9.17, 15) is 26.3 Å². The molecule has 0 unspecified atom stereocenters. The summed E-state index contributed by atoms with van der Waals surface area (Å²) >= 11 is 0.729. The van der Waals surface area contributed by atoms with Gasteiger partial charge in [-0.2, -0.15) is 6.08 Å². The van der Waals surface area contributed by atoms with E-state index in [0.29, 0.717) is 3.21 Å². The second-order valence-corrected chi connectivity index (χ2v) is 19.9. The van der Waals surface area contributed by atoms with Crippen molar-refractivity contribution in [2.75, 3.05) is 0 Å². The third kappa shape index (κ3) is 10.3. The maximum atomic E-state index is 12.7. The zero-order valence-corrected chi connectivity index (χ0v) is 39.6. The van der Waals surface area contributed by atoms with Crippen LogP contribution in [0.1, 0.15) is 120 Å². The summed E-state index contributed by atoms with van der Waals surface area (Å²) in [6.45, 7) is 23.5. The molecule has 0 N–H and O–H groups in total. The molecule has 0 atom stereocenters. The Bertz CT molecular complexity index is 2370. The van der Waals surface area contributed by atoms with Crippen molar-refractivity contribution in [1.29, 1.82) is 0 Å². The molecule has 0 heterocycles. The molecule has 0 spiro atoms. The molecule has 0 aliphatic heterocycles. The fourth-order valence-electron chi connectivity index (χ4n) is 8.10. The van der Waals surface area contributed by atoms with Crippen LogP contribution in [0.5, 0.6) is 0 Å². The Morgan fingerprint density at radius 1 is 0.617 bits per heavy atom. The average molecular weight is 939 g/mol. The topological polar surface area (TPSA) is 0 Å². The number of fused-ring (bicyclic) bond motifs is 5. The van der Waals surface area contributed by atoms with E-state index in [0.717, 1.165) is 54.9 Å². The van der Waals surface area contributed by atoms with Gasteiger partial charge >= 0.3 is 137 Å². The Morgan fingerprint density at radius 2 is 1.02 bits per heavy atom. The summed E-state index contributed by atoms with van der Waals surface area (Å²) in [7, 11) is 0. The number of hydrogen-bond acceptors (Lipinski definition) is 0. The summed E-state index contributed by atoms with van der Waals surface area (Å²) in [4.78, 5) is 0. The number of allylic oxidation sites excluding steroid dienone is 8. The van der Waals surface area contributed by atoms with Crippen molar-refractivity contribution < 1.29 is 75.4 Å². The predicted molar refractivity (Wildman–Crippen MR) is 226 cm³/mol. The molecule has 5 aromatic carbocycles. The second kappa shape index (κ2) is 17.4. The first-order valence-electron chi connectivity index (χ1n) is 19.5. The van der Waals surface area contributed by atoms with Gasteiger partial charge in [0.05, 0.1) is 0 Å². The first-order valence-corrected chi connectivity index (χ1v) is 20.8. The van der Waals surface area contributed by atoms with E-state index >= 15 is 0 Å². The van der Waals surface area contributed by atoms with E-state index < -0.39 is 23.5 Å². The minimum Gasteiger partial charge on any atom is -1.00 e. The van der Waals surface area contributed by atoms with Gasteiger partial charge in [-0.25, -0.2) is 12.2 Å². The summed E-state index contributed by atoms with van der Waals surface area (Å²) in [6.07, 6.45) is 6.03. The fourth-order valence-corrected chi connectivity index (χ4v) is 8.86. The standard InChI is InChI=1S/C31H37.C15H8F6.C5H5.2ClH.Zr/c1-28(2,3)26-16-30(7,8)24-12-18-11-19-13-25-23(15-21(19)20(18)14-22(24)26)27(29(4,5)6)17-31(25,9)10;16-14(17,18)12-5-1-3-10(8-12)7-11-4-2-6-13(9-11)15(19,20)21;1-2-4-5-3-1;;;/h11-17H,1-10H3;1-6,8-9H;1-3H,4H2;2*1H;/q-1;;-1;;;+2/p-2. The van der Waals surface area contributed by atoms with Crippen LogP contribution in [0.15, 0.2) is 109 Å². The van der Waals surface area contributed by atoms with Crippen LogP contribution in [-0.2, 0) is 47.4 Å². The van der Waals surface area contributed by atoms with Crippen LogP contribution in [0.2, 0.25) is 0 Å². The average Bonchev–Trinajstić information content (AvgIpc) is 3.91. The minimum atomic E-state index is -4.49. The monoisotopic (exact) mass is 936 g/mol. The van der Waals surface area contributed by atoms with E-state index in [1.807, 2.05) is 12.2 Å². The molecule has 8 rings (SSSR count). The van der Waals surface area contributed by atoms with E-state index in [1.165, 1.54) is 79.2 Å². The summed E-state index contributed by atoms with van der Waals surface area (Å²) in [5.41, 5.74) is 8.18. The number of rotatable bonds is 2. The van der Waals surface area contributed by atoms with Crippen molar-refractivity contribution in [1.82, 2.24) is 0 Å². The van der Waals surface area contributed by atoms with Crippen LogP contribution in [0, 0.1) is 16.9 Å². The third-order valence-electron chi connectivity index (χ3n) is 11.1. The fraction of sp³-hybridized carbons (Fsp3) is 0.333. The van der Waals surface area contributed by atoms with Crippen molar-refractivity contribution in [3.8, 4) is 0 Å². The van der Waals surface area contributed by atoms with Gasteiger partial charge in [0.25, 0.3) is 0 Å². The van der Waals surface area contributed by atoms with Gasteiger partial charge in [0.15, 0.2) is 0 Å². The normalized spacial score (nSPS) is 16.1. The molecule has 316 valence electrons. The first-order chi connectivity index (χ1) is 26.7. The quantitative estimate of drug-likeness (QED) is 0.122. The molecule has 0 radical (unpaired) electrons. The number of alkyl halides is 6. The van der Waals surface area contributed by atoms with Gasteiger partial charge < -0.3 is 24.8 Å². The number of benzene rings is 4. The maximum Gasteiger partial charge on any atom is -0.109 e. The zero-order chi connectivity index (χ0) is 42.8. The van der Waals surface area contributed by atoms with E-state index in [2.05, 4.69) is 124 Å². The second-order valence-electron chi connectivity index (χ2n) is 18.7. The Hall–Kier alpha value is -3.38. The van der Waals surface area contributed by atoms with Crippen LogP contribution in [-0.4, -0.2) is 3.21 Å². The molecule has 5 aromatic rings. The molecule has 60 heavy (non-hydrogen) atoms. The van der Waals surface area contributed by atoms with Crippen molar-refractivity contribution in [2.45, 2.75) is 98.8 Å². The molecule has 3 aliphatic rings. The molecule has 0 bridgehead atoms. The minimum absolute atomic E-state index is 0. The van der Waals surface area contributed by atoms with Gasteiger partial charge in [-0.1, -0.05) is 105 Å². The van der Waals surface area contributed by atoms with E-state index in [4.69, 9.17) is 0 Å². The molecular formula is C51H50Cl2F6Zr-2. The predicted octanol–water partition coefficient (Wildman–Crippen LogP) is 9.31. The Kier molecular flexibility index (Phi) is 14.3. The van der Waals surface area contributed by atoms with Crippen LogP contribution < -0.4 is 24.8 Å². The van der Waals surface area contributed by atoms with Crippen molar-refractivity contribution in [3.63, 3.8) is 0 Å². The first kappa shape index (κ1) is 49.3. The van der Waals surface area contributed by atoms with Crippen LogP contribution in [0.25, 0.3) is 32.7 Å². The summed E-state index contributed by atoms with van der Waals surface area (Å²) in [5, 5.41) is 5.58. The Labute approximate surface area is 378 Å². The molecule has 0 saturated carbocycles. The maximum absolute atomic E-state index is 12.7. The van der Waals surface area contributed by atoms with Crippen molar-refractivity contribution in [2.24, 2.45) is 10.8 Å². The van der Waals surface area contributed by atoms with E-state index in [1.54, 1.807) is 0 Å². The van der Waals surface area contributed by atoms with Crippen molar-refractivity contribution >= 4 is 35.9 Å². The number of halogens is 8. The molecule has 0 amide bonds. The zero-order valence-electron chi connectivity index (χ0n) is 35.6.